The molecule has 6 heteroatoms. The highest BCUT2D eigenvalue weighted by Gasteiger charge is 2.15. The van der Waals surface area contributed by atoms with Crippen LogP contribution >= 0.6 is 15.9 Å². The Hall–Kier alpha value is -1.43. The topological polar surface area (TPSA) is 68.3 Å². The lowest BCUT2D eigenvalue weighted by Crippen LogP contribution is -2.33. The molecule has 0 unspecified atom stereocenters. The van der Waals surface area contributed by atoms with E-state index in [1.54, 1.807) is 12.1 Å². The minimum absolute atomic E-state index is 0.0190. The molecule has 0 aliphatic carbocycles. The Morgan fingerprint density at radius 1 is 1.35 bits per heavy atom. The molecule has 0 saturated carbocycles. The van der Waals surface area contributed by atoms with Crippen molar-refractivity contribution in [3.63, 3.8) is 0 Å². The van der Waals surface area contributed by atoms with Crippen molar-refractivity contribution < 1.29 is 14.3 Å². The summed E-state index contributed by atoms with van der Waals surface area (Å²) in [5, 5.41) is 2.65. The molecule has 0 spiro atoms. The molecule has 0 aromatic carbocycles. The zero-order chi connectivity index (χ0) is 15.3. The average Bonchev–Trinajstić information content (AvgIpc) is 2.25. The predicted molar refractivity (Wildman–Crippen MR) is 79.9 cm³/mol. The number of nitrogens with zero attached hydrogens (tertiary/aromatic N) is 1. The van der Waals surface area contributed by atoms with Crippen LogP contribution in [0.5, 0.6) is 0 Å². The lowest BCUT2D eigenvalue weighted by Gasteiger charge is -2.19. The number of hydrogen-bond acceptors (Lipinski definition) is 4. The quantitative estimate of drug-likeness (QED) is 0.674. The van der Waals surface area contributed by atoms with Gasteiger partial charge in [0.1, 0.15) is 10.2 Å². The van der Waals surface area contributed by atoms with Crippen molar-refractivity contribution in [1.29, 1.82) is 0 Å². The van der Waals surface area contributed by atoms with Crippen LogP contribution in [-0.2, 0) is 11.2 Å². The van der Waals surface area contributed by atoms with Gasteiger partial charge in [-0.25, -0.2) is 9.78 Å². The summed E-state index contributed by atoms with van der Waals surface area (Å²) >= 11 is 3.27. The van der Waals surface area contributed by atoms with Gasteiger partial charge in [0.2, 0.25) is 0 Å². The SMILES string of the molecule is CC(=O)c1cc(Br)nc(CCNC(=O)OC(C)(C)C)c1. The van der Waals surface area contributed by atoms with Crippen LogP contribution in [0.4, 0.5) is 4.79 Å². The smallest absolute Gasteiger partial charge is 0.407 e. The molecule has 0 bridgehead atoms. The highest BCUT2D eigenvalue weighted by Crippen LogP contribution is 2.12. The number of alkyl carbamates (subject to hydrolysis) is 1. The van der Waals surface area contributed by atoms with Crippen LogP contribution in [0.3, 0.4) is 0 Å². The van der Waals surface area contributed by atoms with Gasteiger partial charge in [0.25, 0.3) is 0 Å². The molecule has 5 nitrogen and oxygen atoms in total. The molecular formula is C14H19BrN2O3. The normalized spacial score (nSPS) is 11.1. The second kappa shape index (κ2) is 6.83. The van der Waals surface area contributed by atoms with Crippen molar-refractivity contribution in [2.24, 2.45) is 0 Å². The third-order valence-electron chi connectivity index (χ3n) is 2.30. The number of carbonyl (C=O) groups is 2. The van der Waals surface area contributed by atoms with Crippen LogP contribution in [0.2, 0.25) is 0 Å². The average molecular weight is 343 g/mol. The summed E-state index contributed by atoms with van der Waals surface area (Å²) in [6.07, 6.45) is 0.0678. The standard InChI is InChI=1S/C14H19BrN2O3/c1-9(18)10-7-11(17-12(15)8-10)5-6-16-13(19)20-14(2,3)4/h7-8H,5-6H2,1-4H3,(H,16,19). The van der Waals surface area contributed by atoms with Crippen LogP contribution < -0.4 is 5.32 Å². The molecule has 0 fully saturated rings. The number of rotatable bonds is 4. The van der Waals surface area contributed by atoms with Crippen LogP contribution in [-0.4, -0.2) is 29.0 Å². The third kappa shape index (κ3) is 6.14. The van der Waals surface area contributed by atoms with E-state index in [1.807, 2.05) is 20.8 Å². The van der Waals surface area contributed by atoms with Crippen LogP contribution in [0.1, 0.15) is 43.7 Å². The van der Waals surface area contributed by atoms with E-state index in [2.05, 4.69) is 26.2 Å². The maximum atomic E-state index is 11.5. The number of ketones is 1. The van der Waals surface area contributed by atoms with Gasteiger partial charge in [0, 0.05) is 24.2 Å². The molecule has 0 atom stereocenters. The van der Waals surface area contributed by atoms with Crippen molar-refractivity contribution in [3.8, 4) is 0 Å². The molecule has 0 radical (unpaired) electrons. The largest absolute Gasteiger partial charge is 0.444 e. The second-order valence-electron chi connectivity index (χ2n) is 5.40. The van der Waals surface area contributed by atoms with Gasteiger partial charge in [0.05, 0.1) is 0 Å². The van der Waals surface area contributed by atoms with Crippen molar-refractivity contribution in [1.82, 2.24) is 10.3 Å². The summed E-state index contributed by atoms with van der Waals surface area (Å²) < 4.78 is 5.74. The number of carbonyl (C=O) groups excluding carboxylic acids is 2. The van der Waals surface area contributed by atoms with Gasteiger partial charge < -0.3 is 10.1 Å². The molecule has 20 heavy (non-hydrogen) atoms. The first-order chi connectivity index (χ1) is 9.17. The van der Waals surface area contributed by atoms with Crippen molar-refractivity contribution in [3.05, 3.63) is 28.0 Å². The molecule has 1 rings (SSSR count). The highest BCUT2D eigenvalue weighted by molar-refractivity contribution is 9.10. The fourth-order valence-electron chi connectivity index (χ4n) is 1.49. The molecule has 1 heterocycles. The fourth-order valence-corrected chi connectivity index (χ4v) is 1.96. The van der Waals surface area contributed by atoms with Crippen LogP contribution in [0, 0.1) is 0 Å². The van der Waals surface area contributed by atoms with Crippen molar-refractivity contribution in [2.45, 2.75) is 39.7 Å². The number of hydrogen-bond donors (Lipinski definition) is 1. The highest BCUT2D eigenvalue weighted by atomic mass is 79.9. The molecule has 0 aliphatic rings. The first-order valence-corrected chi connectivity index (χ1v) is 7.11. The van der Waals surface area contributed by atoms with Crippen molar-refractivity contribution >= 4 is 27.8 Å². The van der Waals surface area contributed by atoms with Gasteiger partial charge >= 0.3 is 6.09 Å². The van der Waals surface area contributed by atoms with E-state index in [4.69, 9.17) is 4.74 Å². The Bertz CT molecular complexity index is 510. The predicted octanol–water partition coefficient (Wildman–Crippen LogP) is 3.11. The summed E-state index contributed by atoms with van der Waals surface area (Å²) in [5.74, 6) is -0.0190. The van der Waals surface area contributed by atoms with E-state index in [0.717, 1.165) is 5.69 Å². The Balaban J connectivity index is 2.54. The summed E-state index contributed by atoms with van der Waals surface area (Å²) in [5.41, 5.74) is 0.819. The molecular weight excluding hydrogens is 324 g/mol. The third-order valence-corrected chi connectivity index (χ3v) is 2.71. The number of ether oxygens (including phenoxy) is 1. The summed E-state index contributed by atoms with van der Waals surface area (Å²) in [4.78, 5) is 27.1. The number of nitrogens with one attached hydrogen (secondary N) is 1. The molecule has 1 aromatic rings. The number of halogens is 1. The van der Waals surface area contributed by atoms with Gasteiger partial charge in [-0.3, -0.25) is 4.79 Å². The molecule has 0 saturated heterocycles. The molecule has 110 valence electrons. The Morgan fingerprint density at radius 3 is 2.55 bits per heavy atom. The fraction of sp³-hybridized carbons (Fsp3) is 0.500. The maximum absolute atomic E-state index is 11.5. The first-order valence-electron chi connectivity index (χ1n) is 6.31. The zero-order valence-electron chi connectivity index (χ0n) is 12.1. The number of amides is 1. The monoisotopic (exact) mass is 342 g/mol. The van der Waals surface area contributed by atoms with E-state index in [-0.39, 0.29) is 5.78 Å². The van der Waals surface area contributed by atoms with Gasteiger partial charge in [-0.1, -0.05) is 0 Å². The van der Waals surface area contributed by atoms with Crippen LogP contribution in [0.15, 0.2) is 16.7 Å². The molecule has 1 amide bonds. The van der Waals surface area contributed by atoms with Gasteiger partial charge in [-0.05, 0) is 55.8 Å². The number of aromatic nitrogens is 1. The summed E-state index contributed by atoms with van der Waals surface area (Å²) in [7, 11) is 0. The molecule has 1 N–H and O–H groups in total. The second-order valence-corrected chi connectivity index (χ2v) is 6.22. The van der Waals surface area contributed by atoms with Gasteiger partial charge in [-0.2, -0.15) is 0 Å². The Kier molecular flexibility index (Phi) is 5.68. The van der Waals surface area contributed by atoms with Gasteiger partial charge in [0.15, 0.2) is 5.78 Å². The minimum Gasteiger partial charge on any atom is -0.444 e. The maximum Gasteiger partial charge on any atom is 0.407 e. The Morgan fingerprint density at radius 2 is 2.00 bits per heavy atom. The van der Waals surface area contributed by atoms with Crippen molar-refractivity contribution in [2.75, 3.05) is 6.54 Å². The first kappa shape index (κ1) is 16.6. The van der Waals surface area contributed by atoms with Crippen LogP contribution in [0.25, 0.3) is 0 Å². The summed E-state index contributed by atoms with van der Waals surface area (Å²) in [6, 6.07) is 3.40. The van der Waals surface area contributed by atoms with E-state index in [0.29, 0.717) is 23.1 Å². The number of Topliss-reactive ketones (excluding diaryl/α,β-unsaturated/α-hetero) is 1. The lowest BCUT2D eigenvalue weighted by molar-refractivity contribution is 0.0528. The molecule has 1 aromatic heterocycles. The van der Waals surface area contributed by atoms with E-state index in [1.165, 1.54) is 6.92 Å². The van der Waals surface area contributed by atoms with E-state index < -0.39 is 11.7 Å². The lowest BCUT2D eigenvalue weighted by atomic mass is 10.1. The summed E-state index contributed by atoms with van der Waals surface area (Å²) in [6.45, 7) is 7.32. The van der Waals surface area contributed by atoms with E-state index >= 15 is 0 Å². The van der Waals surface area contributed by atoms with Gasteiger partial charge in [-0.15, -0.1) is 0 Å². The zero-order valence-corrected chi connectivity index (χ0v) is 13.7. The molecule has 0 aliphatic heterocycles. The Labute approximate surface area is 127 Å². The van der Waals surface area contributed by atoms with E-state index in [9.17, 15) is 9.59 Å². The number of pyridine rings is 1. The minimum atomic E-state index is -0.514.